The quantitative estimate of drug-likeness (QED) is 0.432. The summed E-state index contributed by atoms with van der Waals surface area (Å²) in [7, 11) is 2.08. The number of likely N-dealkylation sites (N-methyl/N-ethyl adjacent to an activating group) is 1. The summed E-state index contributed by atoms with van der Waals surface area (Å²) in [6.45, 7) is 7.54. The van der Waals surface area contributed by atoms with Crippen LogP contribution in [-0.4, -0.2) is 16.7 Å². The zero-order chi connectivity index (χ0) is 9.56. The molecule has 0 spiro atoms. The predicted molar refractivity (Wildman–Crippen MR) is 64.5 cm³/mol. The van der Waals surface area contributed by atoms with Gasteiger partial charge in [0.2, 0.25) is 0 Å². The Morgan fingerprint density at radius 2 is 1.75 bits per heavy atom. The molecule has 0 fully saturated rings. The van der Waals surface area contributed by atoms with E-state index < -0.39 is 0 Å². The van der Waals surface area contributed by atoms with E-state index in [2.05, 4.69) is 65.9 Å². The Hall–Kier alpha value is 0.170. The molecule has 0 unspecified atom stereocenters. The van der Waals surface area contributed by atoms with Crippen molar-refractivity contribution in [2.75, 3.05) is 13.6 Å². The lowest BCUT2D eigenvalue weighted by Gasteiger charge is -2.06. The largest absolute Gasteiger partial charge is 0.247 e. The minimum atomic E-state index is 1.04. The number of allylic oxidation sites excluding steroid dienone is 3. The summed E-state index contributed by atoms with van der Waals surface area (Å²) in [4.78, 5) is 0. The molecule has 0 heterocycles. The number of halogens is 1. The molecule has 0 rings (SSSR count). The fourth-order valence-corrected chi connectivity index (χ4v) is 1.34. The molecule has 0 aromatic heterocycles. The summed E-state index contributed by atoms with van der Waals surface area (Å²) >= 11 is 2.30. The maximum atomic E-state index is 2.30. The van der Waals surface area contributed by atoms with Crippen molar-refractivity contribution in [1.29, 1.82) is 0 Å². The molecule has 0 aromatic rings. The number of nitrogens with zero attached hydrogens (tertiary/aromatic N) is 1. The van der Waals surface area contributed by atoms with Crippen molar-refractivity contribution in [2.24, 2.45) is 0 Å². The Labute approximate surface area is 90.0 Å². The van der Waals surface area contributed by atoms with Gasteiger partial charge in [0.1, 0.15) is 0 Å². The SMILES string of the molecule is CC/C(C)=C\C=C(/C)CN(C)I. The lowest BCUT2D eigenvalue weighted by atomic mass is 10.2. The fraction of sp³-hybridized carbons (Fsp3) is 0.600. The lowest BCUT2D eigenvalue weighted by Crippen LogP contribution is -2.06. The van der Waals surface area contributed by atoms with Gasteiger partial charge in [-0.25, -0.2) is 3.11 Å². The third-order valence-electron chi connectivity index (χ3n) is 1.68. The third kappa shape index (κ3) is 6.85. The molecule has 0 aliphatic rings. The van der Waals surface area contributed by atoms with Crippen molar-refractivity contribution in [3.05, 3.63) is 23.3 Å². The molecule has 1 nitrogen and oxygen atoms in total. The van der Waals surface area contributed by atoms with Gasteiger partial charge < -0.3 is 0 Å². The van der Waals surface area contributed by atoms with Crippen molar-refractivity contribution in [1.82, 2.24) is 3.11 Å². The van der Waals surface area contributed by atoms with Gasteiger partial charge in [-0.15, -0.1) is 0 Å². The topological polar surface area (TPSA) is 3.24 Å². The monoisotopic (exact) mass is 279 g/mol. The van der Waals surface area contributed by atoms with Crippen molar-refractivity contribution < 1.29 is 0 Å². The molecule has 2 heteroatoms. The Balaban J connectivity index is 4.00. The minimum Gasteiger partial charge on any atom is -0.247 e. The third-order valence-corrected chi connectivity index (χ3v) is 2.02. The molecule has 0 aromatic carbocycles. The van der Waals surface area contributed by atoms with Crippen LogP contribution in [0.1, 0.15) is 27.2 Å². The molecule has 0 aliphatic heterocycles. The normalized spacial score (nSPS) is 14.2. The summed E-state index contributed by atoms with van der Waals surface area (Å²) in [6.07, 6.45) is 5.55. The highest BCUT2D eigenvalue weighted by Gasteiger charge is 1.91. The number of rotatable bonds is 4. The molecular formula is C10H18IN. The molecular weight excluding hydrogens is 261 g/mol. The Morgan fingerprint density at radius 3 is 2.17 bits per heavy atom. The second kappa shape index (κ2) is 6.66. The molecule has 70 valence electrons. The molecule has 0 aliphatic carbocycles. The first-order valence-corrected chi connectivity index (χ1v) is 5.22. The van der Waals surface area contributed by atoms with Gasteiger partial charge in [-0.2, -0.15) is 0 Å². The smallest absolute Gasteiger partial charge is 0.0288 e. The highest BCUT2D eigenvalue weighted by Crippen LogP contribution is 2.04. The first-order valence-electron chi connectivity index (χ1n) is 4.26. The summed E-state index contributed by atoms with van der Waals surface area (Å²) in [5, 5.41) is 0. The van der Waals surface area contributed by atoms with E-state index in [4.69, 9.17) is 0 Å². The van der Waals surface area contributed by atoms with Crippen LogP contribution in [0.5, 0.6) is 0 Å². The predicted octanol–water partition coefficient (Wildman–Crippen LogP) is 3.57. The van der Waals surface area contributed by atoms with Crippen LogP contribution in [0, 0.1) is 0 Å². The zero-order valence-corrected chi connectivity index (χ0v) is 10.6. The van der Waals surface area contributed by atoms with Gasteiger partial charge in [-0.1, -0.05) is 30.2 Å². The molecule has 0 saturated heterocycles. The van der Waals surface area contributed by atoms with Gasteiger partial charge in [0.15, 0.2) is 0 Å². The van der Waals surface area contributed by atoms with Crippen LogP contribution in [0.2, 0.25) is 0 Å². The Morgan fingerprint density at radius 1 is 1.25 bits per heavy atom. The van der Waals surface area contributed by atoms with Crippen LogP contribution in [0.3, 0.4) is 0 Å². The van der Waals surface area contributed by atoms with Gasteiger partial charge in [-0.3, -0.25) is 0 Å². The maximum absolute atomic E-state index is 2.30. The lowest BCUT2D eigenvalue weighted by molar-refractivity contribution is 0.666. The van der Waals surface area contributed by atoms with Crippen LogP contribution in [-0.2, 0) is 0 Å². The number of hydrogen-bond acceptors (Lipinski definition) is 1. The fourth-order valence-electron chi connectivity index (χ4n) is 0.799. The van der Waals surface area contributed by atoms with Crippen LogP contribution >= 0.6 is 22.9 Å². The Bertz CT molecular complexity index is 180. The van der Waals surface area contributed by atoms with Gasteiger partial charge in [0.25, 0.3) is 0 Å². The van der Waals surface area contributed by atoms with E-state index >= 15 is 0 Å². The molecule has 12 heavy (non-hydrogen) atoms. The van der Waals surface area contributed by atoms with E-state index in [-0.39, 0.29) is 0 Å². The average molecular weight is 279 g/mol. The van der Waals surface area contributed by atoms with Gasteiger partial charge in [0.05, 0.1) is 0 Å². The van der Waals surface area contributed by atoms with E-state index in [1.165, 1.54) is 11.1 Å². The van der Waals surface area contributed by atoms with Crippen LogP contribution in [0.25, 0.3) is 0 Å². The summed E-state index contributed by atoms with van der Waals surface area (Å²) in [5.41, 5.74) is 2.84. The standard InChI is InChI=1S/C10H18IN/c1-5-9(2)6-7-10(3)8-12(4)11/h6-7H,5,8H2,1-4H3/b9-6-,10-7+. The zero-order valence-electron chi connectivity index (χ0n) is 8.39. The van der Waals surface area contributed by atoms with Crippen LogP contribution in [0.4, 0.5) is 0 Å². The Kier molecular flexibility index (Phi) is 6.76. The van der Waals surface area contributed by atoms with E-state index in [9.17, 15) is 0 Å². The molecule has 0 N–H and O–H groups in total. The molecule has 0 saturated carbocycles. The van der Waals surface area contributed by atoms with E-state index in [0.717, 1.165) is 13.0 Å². The van der Waals surface area contributed by atoms with E-state index in [1.807, 2.05) is 0 Å². The van der Waals surface area contributed by atoms with Crippen LogP contribution in [0.15, 0.2) is 23.3 Å². The van der Waals surface area contributed by atoms with Crippen LogP contribution < -0.4 is 0 Å². The van der Waals surface area contributed by atoms with Gasteiger partial charge in [0, 0.05) is 29.4 Å². The molecule has 0 amide bonds. The number of hydrogen-bond donors (Lipinski definition) is 0. The average Bonchev–Trinajstić information content (AvgIpc) is 1.99. The van der Waals surface area contributed by atoms with Crippen molar-refractivity contribution in [3.63, 3.8) is 0 Å². The van der Waals surface area contributed by atoms with E-state index in [0.29, 0.717) is 0 Å². The molecule has 0 atom stereocenters. The maximum Gasteiger partial charge on any atom is 0.0288 e. The molecule has 0 bridgehead atoms. The van der Waals surface area contributed by atoms with Gasteiger partial charge >= 0.3 is 0 Å². The first kappa shape index (κ1) is 12.2. The second-order valence-electron chi connectivity index (χ2n) is 3.14. The highest BCUT2D eigenvalue weighted by molar-refractivity contribution is 14.1. The summed E-state index contributed by atoms with van der Waals surface area (Å²) in [5.74, 6) is 0. The molecule has 0 radical (unpaired) electrons. The summed E-state index contributed by atoms with van der Waals surface area (Å²) < 4.78 is 2.15. The van der Waals surface area contributed by atoms with Crippen molar-refractivity contribution >= 4 is 22.9 Å². The highest BCUT2D eigenvalue weighted by atomic mass is 127. The second-order valence-corrected chi connectivity index (χ2v) is 4.79. The minimum absolute atomic E-state index is 1.04. The van der Waals surface area contributed by atoms with Crippen molar-refractivity contribution in [3.8, 4) is 0 Å². The summed E-state index contributed by atoms with van der Waals surface area (Å²) in [6, 6.07) is 0. The first-order chi connectivity index (χ1) is 5.56. The van der Waals surface area contributed by atoms with Crippen molar-refractivity contribution in [2.45, 2.75) is 27.2 Å². The van der Waals surface area contributed by atoms with Gasteiger partial charge in [-0.05, 0) is 27.3 Å². The van der Waals surface area contributed by atoms with E-state index in [1.54, 1.807) is 0 Å².